The number of nitrogens with one attached hydrogen (secondary N) is 1. The number of ether oxygens (including phenoxy) is 1. The zero-order valence-corrected chi connectivity index (χ0v) is 50.3. The number of carbonyl (C=O) groups excluding carboxylic acids is 1. The minimum absolute atomic E-state index is 0. The second-order valence-electron chi connectivity index (χ2n) is 21.9. The fourth-order valence-corrected chi connectivity index (χ4v) is 11.5. The van der Waals surface area contributed by atoms with Crippen LogP contribution in [0.2, 0.25) is 0 Å². The summed E-state index contributed by atoms with van der Waals surface area (Å²) in [4.78, 5) is 44.2. The van der Waals surface area contributed by atoms with Crippen molar-refractivity contribution in [1.82, 2.24) is 24.3 Å². The monoisotopic (exact) mass is 1140 g/mol. The van der Waals surface area contributed by atoms with E-state index in [0.717, 1.165) is 92.5 Å². The zero-order chi connectivity index (χ0) is 57.4. The largest absolute Gasteiger partial charge is 0.497 e. The summed E-state index contributed by atoms with van der Waals surface area (Å²) in [6.45, 7) is 13.9. The number of rotatable bonds is 21. The van der Waals surface area contributed by atoms with Crippen LogP contribution in [0, 0.1) is 57.6 Å². The van der Waals surface area contributed by atoms with E-state index < -0.39 is 20.8 Å². The van der Waals surface area contributed by atoms with E-state index in [4.69, 9.17) is 4.74 Å². The maximum atomic E-state index is 13.2. The molecule has 0 bridgehead atoms. The van der Waals surface area contributed by atoms with Gasteiger partial charge in [0.05, 0.1) is 21.9 Å². The molecular weight excluding hydrogens is 1050 g/mol. The molecule has 0 aliphatic carbocycles. The Kier molecular flexibility index (Phi) is 29.9. The number of hydrogen-bond acceptors (Lipinski definition) is 14. The molecule has 79 heavy (non-hydrogen) atoms. The van der Waals surface area contributed by atoms with Gasteiger partial charge < -0.3 is 34.6 Å². The second kappa shape index (κ2) is 34.8. The Bertz CT molecular complexity index is 2520. The van der Waals surface area contributed by atoms with Crippen LogP contribution >= 0.6 is 12.4 Å². The maximum Gasteiger partial charge on any atom is 0.269 e. The molecule has 4 aromatic rings. The molecule has 0 radical (unpaired) electrons. The third-order valence-corrected chi connectivity index (χ3v) is 17.0. The molecule has 0 atom stereocenters. The summed E-state index contributed by atoms with van der Waals surface area (Å²) in [5.41, 5.74) is 4.60. The highest BCUT2D eigenvalue weighted by molar-refractivity contribution is 7.89. The number of hydrogen-bond donors (Lipinski definition) is 1. The van der Waals surface area contributed by atoms with Gasteiger partial charge in [-0.2, -0.15) is 0 Å². The van der Waals surface area contributed by atoms with E-state index >= 15 is 0 Å². The quantitative estimate of drug-likeness (QED) is 0.0616. The predicted molar refractivity (Wildman–Crippen MR) is 320 cm³/mol. The van der Waals surface area contributed by atoms with Crippen LogP contribution < -0.4 is 19.9 Å². The molecule has 3 fully saturated rings. The molecule has 3 aliphatic rings. The van der Waals surface area contributed by atoms with Crippen LogP contribution in [-0.2, 0) is 21.2 Å². The van der Waals surface area contributed by atoms with Crippen molar-refractivity contribution in [2.45, 2.75) is 89.4 Å². The Morgan fingerprint density at radius 1 is 0.633 bits per heavy atom. The minimum atomic E-state index is -3.71. The lowest BCUT2D eigenvalue weighted by atomic mass is 9.93. The van der Waals surface area contributed by atoms with Crippen molar-refractivity contribution in [2.24, 2.45) is 17.8 Å². The van der Waals surface area contributed by atoms with Crippen molar-refractivity contribution in [3.63, 3.8) is 0 Å². The molecule has 0 spiro atoms. The zero-order valence-electron chi connectivity index (χ0n) is 48.7. The van der Waals surface area contributed by atoms with Crippen molar-refractivity contribution in [3.8, 4) is 5.75 Å². The average Bonchev–Trinajstić information content (AvgIpc) is 3.42. The van der Waals surface area contributed by atoms with Crippen molar-refractivity contribution >= 4 is 51.0 Å². The van der Waals surface area contributed by atoms with Crippen LogP contribution in [0.3, 0.4) is 0 Å². The molecule has 20 heteroatoms. The number of methoxy groups -OCH3 is 1. The van der Waals surface area contributed by atoms with Crippen LogP contribution in [0.1, 0.15) is 80.9 Å². The normalized spacial score (nSPS) is 15.3. The minimum Gasteiger partial charge on any atom is -0.497 e. The number of nitro groups is 2. The first-order valence-corrected chi connectivity index (χ1v) is 29.0. The highest BCUT2D eigenvalue weighted by Crippen LogP contribution is 2.30. The fraction of sp³-hybridized carbons (Fsp3) is 0.576. The van der Waals surface area contributed by atoms with Gasteiger partial charge in [0.2, 0.25) is 10.0 Å². The summed E-state index contributed by atoms with van der Waals surface area (Å²) in [6, 6.07) is 22.9. The second-order valence-corrected chi connectivity index (χ2v) is 23.9. The van der Waals surface area contributed by atoms with Gasteiger partial charge in [0.15, 0.2) is 0 Å². The van der Waals surface area contributed by atoms with Gasteiger partial charge in [0, 0.05) is 88.3 Å². The number of non-ortho nitro benzene ring substituents is 2. The summed E-state index contributed by atoms with van der Waals surface area (Å²) in [5, 5.41) is 24.0. The number of benzene rings is 4. The van der Waals surface area contributed by atoms with Crippen molar-refractivity contribution in [2.75, 3.05) is 132 Å². The number of sulfonamides is 1. The Balaban J connectivity index is 0.000000322. The van der Waals surface area contributed by atoms with E-state index in [1.165, 1.54) is 94.5 Å². The predicted octanol–water partition coefficient (Wildman–Crippen LogP) is 10.2. The SMILES string of the molecule is CN(C)CCC1CCN(c2ccc([N+](=O)[O-])cc2)CC1.CN(C)CCC1CCNCC1.COc1cc(C)c(S(=O)(=O)N(C)CCC(=O)Cc2ccc(N3CCC(CCN(C)C)CC3)cc2)c(C)c1.Cl.O=[N+]([O-])c1ccc(F)cc1. The van der Waals surface area contributed by atoms with Crippen LogP contribution in [-0.4, -0.2) is 165 Å². The third kappa shape index (κ3) is 24.1. The first kappa shape index (κ1) is 68.0. The van der Waals surface area contributed by atoms with Gasteiger partial charge in [-0.25, -0.2) is 17.1 Å². The van der Waals surface area contributed by atoms with Gasteiger partial charge in [-0.05, 0) is 230 Å². The van der Waals surface area contributed by atoms with E-state index in [0.29, 0.717) is 23.3 Å². The lowest BCUT2D eigenvalue weighted by Crippen LogP contribution is -2.34. The smallest absolute Gasteiger partial charge is 0.269 e. The molecule has 3 aliphatic heterocycles. The van der Waals surface area contributed by atoms with E-state index in [1.807, 2.05) is 24.3 Å². The van der Waals surface area contributed by atoms with E-state index in [2.05, 4.69) is 84.2 Å². The Morgan fingerprint density at radius 3 is 1.39 bits per heavy atom. The number of anilines is 2. The van der Waals surface area contributed by atoms with Gasteiger partial charge in [-0.3, -0.25) is 25.0 Å². The molecule has 1 N–H and O–H groups in total. The number of nitrogens with zero attached hydrogens (tertiary/aromatic N) is 8. The fourth-order valence-electron chi connectivity index (χ4n) is 9.93. The first-order valence-electron chi connectivity index (χ1n) is 27.6. The van der Waals surface area contributed by atoms with Gasteiger partial charge in [0.1, 0.15) is 17.3 Å². The molecule has 0 unspecified atom stereocenters. The Morgan fingerprint density at radius 2 is 1.01 bits per heavy atom. The molecule has 0 saturated carbocycles. The number of piperidine rings is 3. The number of Topliss-reactive ketones (excluding diaryl/α,β-unsaturated/α-hetero) is 1. The topological polar surface area (TPSA) is 178 Å². The molecule has 3 saturated heterocycles. The molecule has 3 heterocycles. The summed E-state index contributed by atoms with van der Waals surface area (Å²) in [6.07, 6.45) is 12.0. The Labute approximate surface area is 477 Å². The lowest BCUT2D eigenvalue weighted by Gasteiger charge is -2.34. The lowest BCUT2D eigenvalue weighted by molar-refractivity contribution is -0.385. The molecule has 0 aromatic heterocycles. The van der Waals surface area contributed by atoms with Gasteiger partial charge in [0.25, 0.3) is 11.4 Å². The van der Waals surface area contributed by atoms with Gasteiger partial charge >= 0.3 is 0 Å². The Hall–Kier alpha value is -5.28. The van der Waals surface area contributed by atoms with Crippen LogP contribution in [0.4, 0.5) is 27.1 Å². The standard InChI is InChI=1S/C29H43N3O4S.C15H23N3O2.C9H20N2.C6H4FNO2.ClH/c1-22-19-28(36-6)20-23(2)29(22)37(34,35)31(5)16-14-27(33)21-25-7-9-26(10-8-25)32-17-12-24(13-18-32)11-15-30(3)4;1-16(2)10-7-13-8-11-17(12-9-13)14-3-5-15(6-4-14)18(19)20;1-11(2)8-5-9-3-6-10-7-4-9;7-5-1-3-6(4-2-5)8(9)10;/h7-10,19-20,24H,11-18,21H2,1-6H3;3-6,13H,7-12H2,1-2H3;9-10H,3-8H2,1-2H3;1-4H;1H. The third-order valence-electron chi connectivity index (χ3n) is 14.9. The number of ketones is 1. The first-order chi connectivity index (χ1) is 37.0. The number of nitro benzene ring substituents is 2. The van der Waals surface area contributed by atoms with Gasteiger partial charge in [-0.1, -0.05) is 12.1 Å². The summed E-state index contributed by atoms with van der Waals surface area (Å²) >= 11 is 0. The molecule has 17 nitrogen and oxygen atoms in total. The van der Waals surface area contributed by atoms with Crippen LogP contribution in [0.5, 0.6) is 5.75 Å². The highest BCUT2D eigenvalue weighted by atomic mass is 35.5. The number of aryl methyl sites for hydroxylation is 2. The molecule has 0 amide bonds. The summed E-state index contributed by atoms with van der Waals surface area (Å²) in [5.74, 6) is 2.79. The van der Waals surface area contributed by atoms with Crippen molar-refractivity contribution < 1.29 is 32.2 Å². The molecular formula is C59H91ClFN9O8S. The van der Waals surface area contributed by atoms with Crippen molar-refractivity contribution in [3.05, 3.63) is 128 Å². The highest BCUT2D eigenvalue weighted by Gasteiger charge is 2.27. The van der Waals surface area contributed by atoms with E-state index in [1.54, 1.807) is 45.2 Å². The van der Waals surface area contributed by atoms with Crippen LogP contribution in [0.15, 0.2) is 89.8 Å². The molecule has 440 valence electrons. The maximum absolute atomic E-state index is 13.2. The van der Waals surface area contributed by atoms with Crippen molar-refractivity contribution in [1.29, 1.82) is 0 Å². The summed E-state index contributed by atoms with van der Waals surface area (Å²) < 4.78 is 45.0. The molecule has 7 rings (SSSR count). The summed E-state index contributed by atoms with van der Waals surface area (Å²) in [7, 11) is 12.2. The number of carbonyl (C=O) groups is 1. The van der Waals surface area contributed by atoms with Crippen LogP contribution in [0.25, 0.3) is 0 Å². The van der Waals surface area contributed by atoms with E-state index in [-0.39, 0.29) is 52.3 Å². The van der Waals surface area contributed by atoms with Gasteiger partial charge in [-0.15, -0.1) is 12.4 Å². The molecule has 4 aromatic carbocycles. The average molecular weight is 1140 g/mol. The number of halogens is 2. The van der Waals surface area contributed by atoms with E-state index in [9.17, 15) is 37.8 Å².